The molecule has 4 heteroatoms. The molecule has 0 amide bonds. The van der Waals surface area contributed by atoms with Gasteiger partial charge in [0, 0.05) is 5.38 Å². The number of hydrogen-bond donors (Lipinski definition) is 0. The quantitative estimate of drug-likeness (QED) is 0.595. The predicted molar refractivity (Wildman–Crippen MR) is 46.7 cm³/mol. The molecule has 2 unspecified atom stereocenters. The molecule has 0 aromatic heterocycles. The van der Waals surface area contributed by atoms with Crippen molar-refractivity contribution in [3.63, 3.8) is 0 Å². The van der Waals surface area contributed by atoms with Crippen LogP contribution in [0.25, 0.3) is 0 Å². The molecule has 1 fully saturated rings. The maximum Gasteiger partial charge on any atom is 0.150 e. The summed E-state index contributed by atoms with van der Waals surface area (Å²) in [7, 11) is -2.76. The molecule has 0 bridgehead atoms. The lowest BCUT2D eigenvalue weighted by molar-refractivity contribution is 0.479. The highest BCUT2D eigenvalue weighted by molar-refractivity contribution is 7.91. The van der Waals surface area contributed by atoms with Gasteiger partial charge in [-0.1, -0.05) is 0 Å². The van der Waals surface area contributed by atoms with Crippen molar-refractivity contribution >= 4 is 21.4 Å². The first kappa shape index (κ1) is 9.33. The van der Waals surface area contributed by atoms with Gasteiger partial charge in [-0.15, -0.1) is 11.6 Å². The summed E-state index contributed by atoms with van der Waals surface area (Å²) >= 11 is 5.82. The van der Waals surface area contributed by atoms with Gasteiger partial charge in [-0.3, -0.25) is 0 Å². The minimum atomic E-state index is -2.76. The molecular formula is C7H13ClO2S. The van der Waals surface area contributed by atoms with E-state index in [2.05, 4.69) is 0 Å². The lowest BCUT2D eigenvalue weighted by Crippen LogP contribution is -2.29. The monoisotopic (exact) mass is 196 g/mol. The molecular weight excluding hydrogens is 184 g/mol. The Morgan fingerprint density at radius 3 is 2.55 bits per heavy atom. The van der Waals surface area contributed by atoms with Crippen molar-refractivity contribution in [1.29, 1.82) is 0 Å². The number of sulfone groups is 1. The zero-order valence-electron chi connectivity index (χ0n) is 6.59. The van der Waals surface area contributed by atoms with Gasteiger partial charge in [-0.05, 0) is 25.7 Å². The predicted octanol–water partition coefficient (Wildman–Crippen LogP) is 1.44. The van der Waals surface area contributed by atoms with Crippen molar-refractivity contribution in [2.24, 2.45) is 5.92 Å². The van der Waals surface area contributed by atoms with E-state index < -0.39 is 9.84 Å². The Morgan fingerprint density at radius 2 is 2.18 bits per heavy atom. The molecule has 1 aliphatic heterocycles. The third kappa shape index (κ3) is 2.64. The van der Waals surface area contributed by atoms with E-state index in [1.807, 2.05) is 6.92 Å². The van der Waals surface area contributed by atoms with E-state index in [1.54, 1.807) is 0 Å². The fraction of sp³-hybridized carbons (Fsp3) is 1.00. The van der Waals surface area contributed by atoms with E-state index in [9.17, 15) is 8.42 Å². The number of hydrogen-bond acceptors (Lipinski definition) is 2. The Hall–Kier alpha value is 0.240. The van der Waals surface area contributed by atoms with Crippen LogP contribution in [0.4, 0.5) is 0 Å². The van der Waals surface area contributed by atoms with Crippen molar-refractivity contribution < 1.29 is 8.42 Å². The molecule has 1 saturated heterocycles. The van der Waals surface area contributed by atoms with Crippen LogP contribution in [-0.2, 0) is 9.84 Å². The highest BCUT2D eigenvalue weighted by atomic mass is 35.5. The highest BCUT2D eigenvalue weighted by Gasteiger charge is 2.27. The van der Waals surface area contributed by atoms with Gasteiger partial charge in [0.05, 0.1) is 11.5 Å². The van der Waals surface area contributed by atoms with Gasteiger partial charge in [0.25, 0.3) is 0 Å². The third-order valence-electron chi connectivity index (χ3n) is 2.15. The summed E-state index contributed by atoms with van der Waals surface area (Å²) in [6.45, 7) is 1.87. The minimum absolute atomic E-state index is 0.00919. The summed E-state index contributed by atoms with van der Waals surface area (Å²) in [6.07, 6.45) is 1.74. The van der Waals surface area contributed by atoms with Gasteiger partial charge in [-0.25, -0.2) is 8.42 Å². The Morgan fingerprint density at radius 1 is 1.55 bits per heavy atom. The van der Waals surface area contributed by atoms with Crippen molar-refractivity contribution in [2.45, 2.75) is 25.1 Å². The maximum absolute atomic E-state index is 11.1. The van der Waals surface area contributed by atoms with Crippen molar-refractivity contribution in [3.8, 4) is 0 Å². The molecule has 1 heterocycles. The van der Waals surface area contributed by atoms with E-state index in [0.29, 0.717) is 5.75 Å². The van der Waals surface area contributed by atoms with Gasteiger partial charge in [-0.2, -0.15) is 0 Å². The molecule has 0 aromatic carbocycles. The second kappa shape index (κ2) is 3.31. The molecule has 1 aliphatic rings. The van der Waals surface area contributed by atoms with Crippen LogP contribution in [0, 0.1) is 5.92 Å². The van der Waals surface area contributed by atoms with Crippen LogP contribution < -0.4 is 0 Å². The molecule has 0 radical (unpaired) electrons. The first-order valence-corrected chi connectivity index (χ1v) is 6.11. The van der Waals surface area contributed by atoms with Gasteiger partial charge >= 0.3 is 0 Å². The van der Waals surface area contributed by atoms with Crippen LogP contribution in [0.15, 0.2) is 0 Å². The van der Waals surface area contributed by atoms with Crippen molar-refractivity contribution in [1.82, 2.24) is 0 Å². The topological polar surface area (TPSA) is 34.1 Å². The third-order valence-corrected chi connectivity index (χ3v) is 4.35. The van der Waals surface area contributed by atoms with Crippen LogP contribution in [0.2, 0.25) is 0 Å². The summed E-state index contributed by atoms with van der Waals surface area (Å²) in [5, 5.41) is -0.00919. The van der Waals surface area contributed by atoms with Crippen molar-refractivity contribution in [2.75, 3.05) is 11.5 Å². The number of alkyl halides is 1. The summed E-state index contributed by atoms with van der Waals surface area (Å²) in [6, 6.07) is 0. The molecule has 2 nitrogen and oxygen atoms in total. The normalized spacial score (nSPS) is 33.1. The standard InChI is InChI=1S/C7H13ClO2S/c1-6(8)7-3-2-4-11(9,10)5-7/h6-7H,2-5H2,1H3. The van der Waals surface area contributed by atoms with E-state index >= 15 is 0 Å². The largest absolute Gasteiger partial charge is 0.229 e. The fourth-order valence-corrected chi connectivity index (χ4v) is 3.62. The fourth-order valence-electron chi connectivity index (χ4n) is 1.42. The molecule has 0 spiro atoms. The van der Waals surface area contributed by atoms with Crippen LogP contribution in [0.3, 0.4) is 0 Å². The SMILES string of the molecule is CC(Cl)C1CCCS(=O)(=O)C1. The molecule has 0 aromatic rings. The Kier molecular flexibility index (Phi) is 2.81. The van der Waals surface area contributed by atoms with Gasteiger partial charge in [0.15, 0.2) is 9.84 Å². The van der Waals surface area contributed by atoms with Gasteiger partial charge < -0.3 is 0 Å². The highest BCUT2D eigenvalue weighted by Crippen LogP contribution is 2.23. The zero-order chi connectivity index (χ0) is 8.48. The first-order valence-electron chi connectivity index (χ1n) is 3.86. The van der Waals surface area contributed by atoms with E-state index in [0.717, 1.165) is 12.8 Å². The molecule has 0 aliphatic carbocycles. The van der Waals surface area contributed by atoms with E-state index in [1.165, 1.54) is 0 Å². The molecule has 2 atom stereocenters. The molecule has 11 heavy (non-hydrogen) atoms. The number of halogens is 1. The van der Waals surface area contributed by atoms with Crippen LogP contribution in [0.1, 0.15) is 19.8 Å². The molecule has 1 rings (SSSR count). The van der Waals surface area contributed by atoms with Gasteiger partial charge in [0.2, 0.25) is 0 Å². The first-order chi connectivity index (χ1) is 5.01. The summed E-state index contributed by atoms with van der Waals surface area (Å²) in [4.78, 5) is 0. The lowest BCUT2D eigenvalue weighted by atomic mass is 10.0. The van der Waals surface area contributed by atoms with E-state index in [4.69, 9.17) is 11.6 Å². The molecule has 0 saturated carbocycles. The van der Waals surface area contributed by atoms with Crippen molar-refractivity contribution in [3.05, 3.63) is 0 Å². The Balaban J connectivity index is 2.61. The summed E-state index contributed by atoms with van der Waals surface area (Å²) in [5.41, 5.74) is 0. The molecule has 66 valence electrons. The summed E-state index contributed by atoms with van der Waals surface area (Å²) in [5.74, 6) is 0.820. The minimum Gasteiger partial charge on any atom is -0.229 e. The maximum atomic E-state index is 11.1. The second-order valence-corrected chi connectivity index (χ2v) is 6.11. The van der Waals surface area contributed by atoms with Crippen LogP contribution >= 0.6 is 11.6 Å². The summed E-state index contributed by atoms with van der Waals surface area (Å²) < 4.78 is 22.2. The Bertz CT molecular complexity index is 221. The second-order valence-electron chi connectivity index (χ2n) is 3.19. The smallest absolute Gasteiger partial charge is 0.150 e. The molecule has 0 N–H and O–H groups in total. The van der Waals surface area contributed by atoms with Crippen LogP contribution in [-0.4, -0.2) is 25.3 Å². The Labute approximate surface area is 72.9 Å². The number of rotatable bonds is 1. The van der Waals surface area contributed by atoms with Crippen LogP contribution in [0.5, 0.6) is 0 Å². The van der Waals surface area contributed by atoms with Gasteiger partial charge in [0.1, 0.15) is 0 Å². The lowest BCUT2D eigenvalue weighted by Gasteiger charge is -2.23. The average molecular weight is 197 g/mol. The van der Waals surface area contributed by atoms with E-state index in [-0.39, 0.29) is 17.0 Å². The average Bonchev–Trinajstić information content (AvgIpc) is 1.85. The zero-order valence-corrected chi connectivity index (χ0v) is 8.16.